The lowest BCUT2D eigenvalue weighted by atomic mass is 10.3. The molecule has 17 heavy (non-hydrogen) atoms. The first-order valence-electron chi connectivity index (χ1n) is 4.91. The number of nitrogens with one attached hydrogen (secondary N) is 1. The molecule has 0 aromatic carbocycles. The van der Waals surface area contributed by atoms with Crippen molar-refractivity contribution in [2.45, 2.75) is 6.54 Å². The minimum Gasteiger partial charge on any atom is -0.354 e. The molecule has 0 fully saturated rings. The van der Waals surface area contributed by atoms with E-state index >= 15 is 0 Å². The van der Waals surface area contributed by atoms with E-state index in [-0.39, 0.29) is 18.1 Å². The summed E-state index contributed by atoms with van der Waals surface area (Å²) in [5.74, 6) is 0.706. The fourth-order valence-electron chi connectivity index (χ4n) is 1.20. The maximum absolute atomic E-state index is 11.2. The van der Waals surface area contributed by atoms with Crippen LogP contribution in [0.4, 0.5) is 0 Å². The summed E-state index contributed by atoms with van der Waals surface area (Å²) in [6, 6.07) is 3.19. The molecule has 0 atom stereocenters. The number of hydrogen-bond donors (Lipinski definition) is 2. The van der Waals surface area contributed by atoms with E-state index in [1.165, 1.54) is 18.1 Å². The number of hydrogen-bond acceptors (Lipinski definition) is 6. The minimum atomic E-state index is -0.287. The van der Waals surface area contributed by atoms with Gasteiger partial charge in [-0.25, -0.2) is 9.67 Å². The second-order valence-corrected chi connectivity index (χ2v) is 3.17. The van der Waals surface area contributed by atoms with Crippen LogP contribution in [-0.2, 0) is 6.54 Å². The Labute approximate surface area is 96.9 Å². The third kappa shape index (κ3) is 2.26. The number of nitrogens with zero attached hydrogens (tertiary/aromatic N) is 5. The van der Waals surface area contributed by atoms with Gasteiger partial charge in [-0.1, -0.05) is 0 Å². The van der Waals surface area contributed by atoms with Crippen molar-refractivity contribution < 1.29 is 4.79 Å². The lowest BCUT2D eigenvalue weighted by Crippen LogP contribution is -2.20. The molecule has 2 heterocycles. The highest BCUT2D eigenvalue weighted by Crippen LogP contribution is 2.02. The van der Waals surface area contributed by atoms with Gasteiger partial charge in [0.05, 0.1) is 6.54 Å². The Morgan fingerprint density at radius 2 is 2.29 bits per heavy atom. The molecule has 0 saturated heterocycles. The van der Waals surface area contributed by atoms with Gasteiger partial charge in [0.15, 0.2) is 17.3 Å². The lowest BCUT2D eigenvalue weighted by molar-refractivity contribution is 0.0957. The van der Waals surface area contributed by atoms with E-state index in [1.807, 2.05) is 0 Å². The van der Waals surface area contributed by atoms with Crippen molar-refractivity contribution in [3.63, 3.8) is 0 Å². The fraction of sp³-hybridized carbons (Fsp3) is 0.222. The molecule has 2 aromatic heterocycles. The molecule has 8 heteroatoms. The van der Waals surface area contributed by atoms with E-state index in [4.69, 9.17) is 5.73 Å². The van der Waals surface area contributed by atoms with Crippen molar-refractivity contribution in [2.75, 3.05) is 7.05 Å². The molecule has 2 aromatic rings. The third-order valence-corrected chi connectivity index (χ3v) is 2.07. The maximum Gasteiger partial charge on any atom is 0.271 e. The summed E-state index contributed by atoms with van der Waals surface area (Å²) in [6.45, 7) is 0.261. The van der Waals surface area contributed by atoms with Crippen molar-refractivity contribution in [3.8, 4) is 5.82 Å². The highest BCUT2D eigenvalue weighted by Gasteiger charge is 2.07. The van der Waals surface area contributed by atoms with Crippen LogP contribution in [0.3, 0.4) is 0 Å². The van der Waals surface area contributed by atoms with E-state index in [0.29, 0.717) is 11.6 Å². The molecule has 0 bridgehead atoms. The Kier molecular flexibility index (Phi) is 3.06. The Morgan fingerprint density at radius 1 is 1.47 bits per heavy atom. The van der Waals surface area contributed by atoms with E-state index < -0.39 is 0 Å². The molecule has 2 rings (SSSR count). The molecule has 0 saturated carbocycles. The van der Waals surface area contributed by atoms with Gasteiger partial charge in [0.2, 0.25) is 0 Å². The van der Waals surface area contributed by atoms with Gasteiger partial charge in [-0.15, -0.1) is 15.3 Å². The molecular formula is C9H11N7O. The average Bonchev–Trinajstić information content (AvgIpc) is 2.87. The SMILES string of the molecule is CNC(=O)c1ccc(-n2cnc(CN)n2)nn1. The van der Waals surface area contributed by atoms with E-state index in [1.54, 1.807) is 12.1 Å². The molecule has 8 nitrogen and oxygen atoms in total. The van der Waals surface area contributed by atoms with Crippen molar-refractivity contribution in [1.82, 2.24) is 30.3 Å². The van der Waals surface area contributed by atoms with Gasteiger partial charge in [0.25, 0.3) is 5.91 Å². The smallest absolute Gasteiger partial charge is 0.271 e. The predicted molar refractivity (Wildman–Crippen MR) is 58.2 cm³/mol. The van der Waals surface area contributed by atoms with E-state index in [9.17, 15) is 4.79 Å². The molecule has 0 unspecified atom stereocenters. The minimum absolute atomic E-state index is 0.246. The fourth-order valence-corrected chi connectivity index (χ4v) is 1.20. The Morgan fingerprint density at radius 3 is 2.82 bits per heavy atom. The molecule has 0 spiro atoms. The van der Waals surface area contributed by atoms with E-state index in [2.05, 4.69) is 25.6 Å². The largest absolute Gasteiger partial charge is 0.354 e. The van der Waals surface area contributed by atoms with Gasteiger partial charge in [-0.2, -0.15) is 0 Å². The maximum atomic E-state index is 11.2. The predicted octanol–water partition coefficient (Wildman–Crippen LogP) is -1.12. The third-order valence-electron chi connectivity index (χ3n) is 2.07. The molecule has 0 aliphatic rings. The topological polar surface area (TPSA) is 112 Å². The second kappa shape index (κ2) is 4.66. The monoisotopic (exact) mass is 233 g/mol. The van der Waals surface area contributed by atoms with Crippen LogP contribution >= 0.6 is 0 Å². The number of amides is 1. The van der Waals surface area contributed by atoms with Crippen LogP contribution in [0.5, 0.6) is 0 Å². The number of carbonyl (C=O) groups is 1. The van der Waals surface area contributed by atoms with Crippen molar-refractivity contribution in [1.29, 1.82) is 0 Å². The standard InChI is InChI=1S/C9H11N7O/c1-11-9(17)6-2-3-8(14-13-6)16-5-12-7(4-10)15-16/h2-3,5H,4,10H2,1H3,(H,11,17). The highest BCUT2D eigenvalue weighted by molar-refractivity contribution is 5.91. The number of rotatable bonds is 3. The Bertz CT molecular complexity index is 518. The number of aromatic nitrogens is 5. The van der Waals surface area contributed by atoms with Crippen LogP contribution in [0.15, 0.2) is 18.5 Å². The van der Waals surface area contributed by atoms with Crippen molar-refractivity contribution in [2.24, 2.45) is 5.73 Å². The number of carbonyl (C=O) groups excluding carboxylic acids is 1. The summed E-state index contributed by atoms with van der Waals surface area (Å²) in [7, 11) is 1.53. The number of nitrogens with two attached hydrogens (primary N) is 1. The van der Waals surface area contributed by atoms with Gasteiger partial charge in [-0.3, -0.25) is 4.79 Å². The van der Waals surface area contributed by atoms with Gasteiger partial charge in [0.1, 0.15) is 6.33 Å². The lowest BCUT2D eigenvalue weighted by Gasteiger charge is -2.00. The molecule has 88 valence electrons. The summed E-state index contributed by atoms with van der Waals surface area (Å²) in [4.78, 5) is 15.2. The molecule has 3 N–H and O–H groups in total. The van der Waals surface area contributed by atoms with Gasteiger partial charge in [-0.05, 0) is 12.1 Å². The van der Waals surface area contributed by atoms with Crippen LogP contribution in [0.25, 0.3) is 5.82 Å². The zero-order chi connectivity index (χ0) is 12.3. The van der Waals surface area contributed by atoms with Crippen LogP contribution in [0.2, 0.25) is 0 Å². The first-order chi connectivity index (χ1) is 8.24. The van der Waals surface area contributed by atoms with Crippen molar-refractivity contribution in [3.05, 3.63) is 30.0 Å². The zero-order valence-corrected chi connectivity index (χ0v) is 9.16. The van der Waals surface area contributed by atoms with Gasteiger partial charge >= 0.3 is 0 Å². The first-order valence-corrected chi connectivity index (χ1v) is 4.91. The average molecular weight is 233 g/mol. The molecule has 0 radical (unpaired) electrons. The zero-order valence-electron chi connectivity index (χ0n) is 9.16. The van der Waals surface area contributed by atoms with Gasteiger partial charge in [0, 0.05) is 7.05 Å². The Hall–Kier alpha value is -2.35. The normalized spacial score (nSPS) is 10.2. The van der Waals surface area contributed by atoms with Gasteiger partial charge < -0.3 is 11.1 Å². The van der Waals surface area contributed by atoms with Crippen LogP contribution < -0.4 is 11.1 Å². The molecular weight excluding hydrogens is 222 g/mol. The summed E-state index contributed by atoms with van der Waals surface area (Å²) >= 11 is 0. The molecule has 1 amide bonds. The van der Waals surface area contributed by atoms with Crippen molar-refractivity contribution >= 4 is 5.91 Å². The van der Waals surface area contributed by atoms with Crippen LogP contribution in [-0.4, -0.2) is 37.9 Å². The van der Waals surface area contributed by atoms with Crippen LogP contribution in [0.1, 0.15) is 16.3 Å². The second-order valence-electron chi connectivity index (χ2n) is 3.17. The van der Waals surface area contributed by atoms with Crippen LogP contribution in [0, 0.1) is 0 Å². The summed E-state index contributed by atoms with van der Waals surface area (Å²) in [5.41, 5.74) is 5.64. The first kappa shape index (κ1) is 11.1. The molecule has 0 aliphatic heterocycles. The summed E-state index contributed by atoms with van der Waals surface area (Å²) in [5, 5.41) is 14.2. The van der Waals surface area contributed by atoms with E-state index in [0.717, 1.165) is 0 Å². The summed E-state index contributed by atoms with van der Waals surface area (Å²) < 4.78 is 1.45. The summed E-state index contributed by atoms with van der Waals surface area (Å²) in [6.07, 6.45) is 1.49. The Balaban J connectivity index is 2.25. The quantitative estimate of drug-likeness (QED) is 0.694. The molecule has 0 aliphatic carbocycles. The highest BCUT2D eigenvalue weighted by atomic mass is 16.1.